The summed E-state index contributed by atoms with van der Waals surface area (Å²) in [6.07, 6.45) is 1.38. The Morgan fingerprint density at radius 2 is 1.62 bits per heavy atom. The van der Waals surface area contributed by atoms with E-state index in [1.54, 1.807) is 62.8 Å². The molecule has 1 amide bonds. The first-order valence-electron chi connectivity index (χ1n) is 12.4. The van der Waals surface area contributed by atoms with Crippen molar-refractivity contribution in [2.75, 3.05) is 14.2 Å². The monoisotopic (exact) mass is 709 g/mol. The zero-order valence-corrected chi connectivity index (χ0v) is 26.1. The molecule has 0 fully saturated rings. The SMILES string of the molecule is COc1ccc(OC)c2c(-c3ccccc3)c(C(=O)NN=Cc3cc(Br)cc(Br)c3OC(=O)c3ccccc3Cl)[nH]c12. The van der Waals surface area contributed by atoms with Crippen LogP contribution in [0, 0.1) is 0 Å². The standard InChI is InChI=1S/C31H22Br2ClN3O5/c1-40-23-12-13-24(41-2)27-26(23)25(17-8-4-3-5-9-17)28(36-27)30(38)37-35-16-18-14-19(32)15-21(33)29(18)42-31(39)20-10-6-7-11-22(20)34/h3-16,36H,1-2H3,(H,37,38). The summed E-state index contributed by atoms with van der Waals surface area (Å²) < 4.78 is 18.0. The van der Waals surface area contributed by atoms with Gasteiger partial charge in [0.25, 0.3) is 5.91 Å². The van der Waals surface area contributed by atoms with Gasteiger partial charge in [0.05, 0.1) is 46.4 Å². The molecule has 212 valence electrons. The third-order valence-corrected chi connectivity index (χ3v) is 7.68. The normalized spacial score (nSPS) is 11.1. The highest BCUT2D eigenvalue weighted by atomic mass is 79.9. The first-order valence-corrected chi connectivity index (χ1v) is 14.4. The minimum Gasteiger partial charge on any atom is -0.496 e. The summed E-state index contributed by atoms with van der Waals surface area (Å²) in [5.74, 6) is 0.179. The van der Waals surface area contributed by atoms with Crippen molar-refractivity contribution >= 4 is 72.5 Å². The van der Waals surface area contributed by atoms with Gasteiger partial charge < -0.3 is 19.2 Å². The van der Waals surface area contributed by atoms with E-state index in [0.29, 0.717) is 42.5 Å². The Labute approximate surface area is 262 Å². The lowest BCUT2D eigenvalue weighted by Crippen LogP contribution is -2.19. The van der Waals surface area contributed by atoms with Crippen molar-refractivity contribution in [3.63, 3.8) is 0 Å². The Morgan fingerprint density at radius 3 is 2.33 bits per heavy atom. The summed E-state index contributed by atoms with van der Waals surface area (Å²) >= 11 is 13.1. The molecular weight excluding hydrogens is 690 g/mol. The molecule has 5 aromatic rings. The topological polar surface area (TPSA) is 102 Å². The molecule has 1 aromatic heterocycles. The molecule has 8 nitrogen and oxygen atoms in total. The lowest BCUT2D eigenvalue weighted by Gasteiger charge is -2.11. The van der Waals surface area contributed by atoms with Gasteiger partial charge in [-0.3, -0.25) is 4.79 Å². The van der Waals surface area contributed by atoms with Gasteiger partial charge in [0.2, 0.25) is 0 Å². The van der Waals surface area contributed by atoms with E-state index < -0.39 is 11.9 Å². The van der Waals surface area contributed by atoms with Crippen molar-refractivity contribution in [3.05, 3.63) is 110 Å². The van der Waals surface area contributed by atoms with E-state index in [9.17, 15) is 9.59 Å². The van der Waals surface area contributed by atoms with Gasteiger partial charge in [0, 0.05) is 15.6 Å². The number of methoxy groups -OCH3 is 2. The Bertz CT molecular complexity index is 1840. The predicted molar refractivity (Wildman–Crippen MR) is 170 cm³/mol. The quantitative estimate of drug-likeness (QED) is 0.0735. The predicted octanol–water partition coefficient (Wildman–Crippen LogP) is 8.01. The summed E-state index contributed by atoms with van der Waals surface area (Å²) in [7, 11) is 3.12. The van der Waals surface area contributed by atoms with E-state index in [1.807, 2.05) is 30.3 Å². The second-order valence-corrected chi connectivity index (χ2v) is 11.0. The maximum absolute atomic E-state index is 13.6. The smallest absolute Gasteiger partial charge is 0.345 e. The maximum Gasteiger partial charge on any atom is 0.345 e. The molecule has 5 rings (SSSR count). The third kappa shape index (κ3) is 5.92. The fraction of sp³-hybridized carbons (Fsp3) is 0.0645. The van der Waals surface area contributed by atoms with Gasteiger partial charge in [-0.25, -0.2) is 10.2 Å². The Kier molecular flexibility index (Phi) is 8.96. The van der Waals surface area contributed by atoms with E-state index in [-0.39, 0.29) is 22.0 Å². The number of hydrogen-bond donors (Lipinski definition) is 2. The molecule has 0 aliphatic heterocycles. The summed E-state index contributed by atoms with van der Waals surface area (Å²) in [6.45, 7) is 0. The molecule has 2 N–H and O–H groups in total. The average Bonchev–Trinajstić information content (AvgIpc) is 3.40. The van der Waals surface area contributed by atoms with Crippen LogP contribution in [0.15, 0.2) is 92.9 Å². The number of ether oxygens (including phenoxy) is 3. The Morgan fingerprint density at radius 1 is 0.929 bits per heavy atom. The van der Waals surface area contributed by atoms with Crippen molar-refractivity contribution < 1.29 is 23.8 Å². The number of rotatable bonds is 8. The summed E-state index contributed by atoms with van der Waals surface area (Å²) in [5, 5.41) is 5.14. The molecule has 0 aliphatic rings. The van der Waals surface area contributed by atoms with Gasteiger partial charge >= 0.3 is 5.97 Å². The van der Waals surface area contributed by atoms with Crippen LogP contribution >= 0.6 is 43.5 Å². The molecule has 0 atom stereocenters. The van der Waals surface area contributed by atoms with Crippen LogP contribution in [0.25, 0.3) is 22.0 Å². The molecule has 42 heavy (non-hydrogen) atoms. The number of aromatic amines is 1. The number of carbonyl (C=O) groups is 2. The van der Waals surface area contributed by atoms with Crippen LogP contribution in [0.5, 0.6) is 17.2 Å². The van der Waals surface area contributed by atoms with Crippen LogP contribution in [0.4, 0.5) is 0 Å². The number of H-pyrrole nitrogens is 1. The van der Waals surface area contributed by atoms with Gasteiger partial charge in [0.15, 0.2) is 5.75 Å². The van der Waals surface area contributed by atoms with Gasteiger partial charge in [-0.15, -0.1) is 0 Å². The van der Waals surface area contributed by atoms with Crippen molar-refractivity contribution in [3.8, 4) is 28.4 Å². The zero-order chi connectivity index (χ0) is 29.8. The van der Waals surface area contributed by atoms with E-state index in [2.05, 4.69) is 47.4 Å². The number of halogens is 3. The van der Waals surface area contributed by atoms with E-state index in [0.717, 1.165) is 5.56 Å². The van der Waals surface area contributed by atoms with Crippen LogP contribution in [0.3, 0.4) is 0 Å². The number of nitrogens with zero attached hydrogens (tertiary/aromatic N) is 1. The molecular formula is C31H22Br2ClN3O5. The first kappa shape index (κ1) is 29.4. The highest BCUT2D eigenvalue weighted by Gasteiger charge is 2.24. The van der Waals surface area contributed by atoms with Gasteiger partial charge in [-0.2, -0.15) is 5.10 Å². The summed E-state index contributed by atoms with van der Waals surface area (Å²) in [6, 6.07) is 23.0. The number of esters is 1. The van der Waals surface area contributed by atoms with Gasteiger partial charge in [-0.1, -0.05) is 70.0 Å². The number of hydrazone groups is 1. The van der Waals surface area contributed by atoms with Crippen LogP contribution in [0.2, 0.25) is 5.02 Å². The molecule has 0 bridgehead atoms. The Balaban J connectivity index is 1.50. The van der Waals surface area contributed by atoms with E-state index in [4.69, 9.17) is 25.8 Å². The number of amides is 1. The van der Waals surface area contributed by atoms with E-state index >= 15 is 0 Å². The second-order valence-electron chi connectivity index (χ2n) is 8.84. The lowest BCUT2D eigenvalue weighted by molar-refractivity contribution is 0.0733. The molecule has 1 heterocycles. The molecule has 0 saturated carbocycles. The largest absolute Gasteiger partial charge is 0.496 e. The van der Waals surface area contributed by atoms with Gasteiger partial charge in [0.1, 0.15) is 17.2 Å². The van der Waals surface area contributed by atoms with Crippen molar-refractivity contribution in [1.82, 2.24) is 10.4 Å². The van der Waals surface area contributed by atoms with E-state index in [1.165, 1.54) is 6.21 Å². The molecule has 0 spiro atoms. The lowest BCUT2D eigenvalue weighted by atomic mass is 10.0. The molecule has 0 aliphatic carbocycles. The second kappa shape index (κ2) is 12.8. The van der Waals surface area contributed by atoms with Crippen LogP contribution in [-0.2, 0) is 0 Å². The van der Waals surface area contributed by atoms with Crippen LogP contribution < -0.4 is 19.6 Å². The molecule has 11 heteroatoms. The van der Waals surface area contributed by atoms with Crippen molar-refractivity contribution in [2.45, 2.75) is 0 Å². The van der Waals surface area contributed by atoms with Gasteiger partial charge in [-0.05, 0) is 57.9 Å². The minimum absolute atomic E-state index is 0.200. The maximum atomic E-state index is 13.6. The number of carbonyl (C=O) groups excluding carboxylic acids is 2. The van der Waals surface area contributed by atoms with Crippen LogP contribution in [-0.4, -0.2) is 37.3 Å². The fourth-order valence-corrected chi connectivity index (χ4v) is 5.98. The molecule has 0 unspecified atom stereocenters. The Hall–Kier alpha value is -4.12. The van der Waals surface area contributed by atoms with Crippen molar-refractivity contribution in [1.29, 1.82) is 0 Å². The number of benzene rings is 4. The van der Waals surface area contributed by atoms with Crippen molar-refractivity contribution in [2.24, 2.45) is 5.10 Å². The average molecular weight is 712 g/mol. The highest BCUT2D eigenvalue weighted by molar-refractivity contribution is 9.11. The van der Waals surface area contributed by atoms with Crippen LogP contribution in [0.1, 0.15) is 26.4 Å². The zero-order valence-electron chi connectivity index (χ0n) is 22.2. The number of nitrogens with one attached hydrogen (secondary N) is 2. The highest BCUT2D eigenvalue weighted by Crippen LogP contribution is 2.42. The first-order chi connectivity index (χ1) is 20.3. The molecule has 0 radical (unpaired) electrons. The molecule has 0 saturated heterocycles. The fourth-order valence-electron chi connectivity index (χ4n) is 4.43. The number of aromatic nitrogens is 1. The summed E-state index contributed by atoms with van der Waals surface area (Å²) in [4.78, 5) is 29.6. The summed E-state index contributed by atoms with van der Waals surface area (Å²) in [5.41, 5.74) is 5.51. The minimum atomic E-state index is -0.643. The number of hydrogen-bond acceptors (Lipinski definition) is 6. The molecule has 4 aromatic carbocycles. The third-order valence-electron chi connectivity index (χ3n) is 6.30. The number of fused-ring (bicyclic) bond motifs is 1.